The Bertz CT molecular complexity index is 360. The van der Waals surface area contributed by atoms with E-state index in [0.29, 0.717) is 5.92 Å². The predicted molar refractivity (Wildman–Crippen MR) is 57.8 cm³/mol. The second-order valence-electron chi connectivity index (χ2n) is 3.36. The molecule has 0 aliphatic heterocycles. The van der Waals surface area contributed by atoms with Gasteiger partial charge in [-0.05, 0) is 31.6 Å². The molecule has 2 heteroatoms. The Morgan fingerprint density at radius 3 is 2.92 bits per heavy atom. The van der Waals surface area contributed by atoms with Crippen molar-refractivity contribution in [2.24, 2.45) is 5.73 Å². The minimum Gasteiger partial charge on any atom is -0.399 e. The summed E-state index contributed by atoms with van der Waals surface area (Å²) in [6, 6.07) is 4.37. The molecule has 0 aromatic carbocycles. The van der Waals surface area contributed by atoms with Crippen LogP contribution in [-0.4, -0.2) is 0 Å². The second-order valence-corrected chi connectivity index (χ2v) is 4.68. The second kappa shape index (κ2) is 3.38. The lowest BCUT2D eigenvalue weighted by Crippen LogP contribution is -2.02. The van der Waals surface area contributed by atoms with Crippen LogP contribution in [0.3, 0.4) is 0 Å². The maximum Gasteiger partial charge on any atom is 0.0276 e. The zero-order chi connectivity index (χ0) is 9.26. The van der Waals surface area contributed by atoms with E-state index in [2.05, 4.69) is 31.2 Å². The van der Waals surface area contributed by atoms with Crippen LogP contribution in [0.5, 0.6) is 0 Å². The van der Waals surface area contributed by atoms with E-state index in [1.54, 1.807) is 0 Å². The molecule has 13 heavy (non-hydrogen) atoms. The van der Waals surface area contributed by atoms with E-state index in [1.165, 1.54) is 9.75 Å². The molecule has 0 fully saturated rings. The van der Waals surface area contributed by atoms with Crippen molar-refractivity contribution >= 4 is 11.3 Å². The molecule has 1 aliphatic rings. The van der Waals surface area contributed by atoms with Gasteiger partial charge in [-0.2, -0.15) is 0 Å². The smallest absolute Gasteiger partial charge is 0.0276 e. The number of rotatable bonds is 1. The van der Waals surface area contributed by atoms with Gasteiger partial charge >= 0.3 is 0 Å². The van der Waals surface area contributed by atoms with Gasteiger partial charge in [0.15, 0.2) is 0 Å². The highest BCUT2D eigenvalue weighted by molar-refractivity contribution is 7.12. The van der Waals surface area contributed by atoms with Gasteiger partial charge in [-0.3, -0.25) is 0 Å². The average Bonchev–Trinajstić information content (AvgIpc) is 2.52. The molecular weight excluding hydrogens is 178 g/mol. The standard InChI is InChI=1S/C11H13NS/c1-8-5-6-11(13-8)9-3-2-4-10(12)7-9/h2,4-7,9H,3,12H2,1H3. The maximum absolute atomic E-state index is 5.75. The van der Waals surface area contributed by atoms with E-state index in [1.807, 2.05) is 17.4 Å². The van der Waals surface area contributed by atoms with E-state index in [4.69, 9.17) is 5.73 Å². The van der Waals surface area contributed by atoms with Gasteiger partial charge in [-0.1, -0.05) is 12.2 Å². The molecule has 2 rings (SSSR count). The van der Waals surface area contributed by atoms with Crippen molar-refractivity contribution in [3.05, 3.63) is 45.8 Å². The number of hydrogen-bond acceptors (Lipinski definition) is 2. The quantitative estimate of drug-likeness (QED) is 0.725. The van der Waals surface area contributed by atoms with Crippen LogP contribution in [0.4, 0.5) is 0 Å². The van der Waals surface area contributed by atoms with Gasteiger partial charge in [-0.15, -0.1) is 11.3 Å². The Kier molecular flexibility index (Phi) is 2.23. The number of hydrogen-bond donors (Lipinski definition) is 1. The molecule has 1 unspecified atom stereocenters. The molecule has 1 aromatic rings. The van der Waals surface area contributed by atoms with Crippen molar-refractivity contribution in [1.29, 1.82) is 0 Å². The van der Waals surface area contributed by atoms with Gasteiger partial charge in [0.2, 0.25) is 0 Å². The topological polar surface area (TPSA) is 26.0 Å². The molecule has 1 heterocycles. The summed E-state index contributed by atoms with van der Waals surface area (Å²) < 4.78 is 0. The molecule has 0 saturated carbocycles. The first-order chi connectivity index (χ1) is 6.25. The molecule has 68 valence electrons. The minimum atomic E-state index is 0.503. The van der Waals surface area contributed by atoms with E-state index < -0.39 is 0 Å². The molecule has 1 aliphatic carbocycles. The van der Waals surface area contributed by atoms with Gasteiger partial charge < -0.3 is 5.73 Å². The summed E-state index contributed by atoms with van der Waals surface area (Å²) in [6.45, 7) is 2.14. The summed E-state index contributed by atoms with van der Waals surface area (Å²) in [5.74, 6) is 0.503. The average molecular weight is 191 g/mol. The fourth-order valence-corrected chi connectivity index (χ4v) is 2.52. The lowest BCUT2D eigenvalue weighted by atomic mass is 9.98. The van der Waals surface area contributed by atoms with Crippen LogP contribution in [-0.2, 0) is 0 Å². The van der Waals surface area contributed by atoms with Gasteiger partial charge in [0.1, 0.15) is 0 Å². The summed E-state index contributed by atoms with van der Waals surface area (Å²) in [5.41, 5.74) is 6.64. The van der Waals surface area contributed by atoms with Gasteiger partial charge in [0, 0.05) is 21.4 Å². The molecule has 1 nitrogen and oxygen atoms in total. The Morgan fingerprint density at radius 1 is 1.46 bits per heavy atom. The molecular formula is C11H13NS. The Morgan fingerprint density at radius 2 is 2.31 bits per heavy atom. The third-order valence-corrected chi connectivity index (χ3v) is 3.35. The highest BCUT2D eigenvalue weighted by Crippen LogP contribution is 2.30. The van der Waals surface area contributed by atoms with E-state index >= 15 is 0 Å². The fraction of sp³-hybridized carbons (Fsp3) is 0.273. The molecule has 0 radical (unpaired) electrons. The zero-order valence-corrected chi connectivity index (χ0v) is 8.47. The Hall–Kier alpha value is -1.02. The maximum atomic E-state index is 5.75. The number of allylic oxidation sites excluding steroid dienone is 3. The van der Waals surface area contributed by atoms with Gasteiger partial charge in [-0.25, -0.2) is 0 Å². The summed E-state index contributed by atoms with van der Waals surface area (Å²) in [4.78, 5) is 2.79. The third kappa shape index (κ3) is 1.83. The van der Waals surface area contributed by atoms with Crippen molar-refractivity contribution < 1.29 is 0 Å². The number of aryl methyl sites for hydroxylation is 1. The lowest BCUT2D eigenvalue weighted by Gasteiger charge is -2.12. The highest BCUT2D eigenvalue weighted by Gasteiger charge is 2.11. The van der Waals surface area contributed by atoms with Crippen LogP contribution in [0.1, 0.15) is 22.1 Å². The number of thiophene rings is 1. The van der Waals surface area contributed by atoms with E-state index in [-0.39, 0.29) is 0 Å². The van der Waals surface area contributed by atoms with Crippen LogP contribution in [0.15, 0.2) is 36.1 Å². The highest BCUT2D eigenvalue weighted by atomic mass is 32.1. The van der Waals surface area contributed by atoms with E-state index in [9.17, 15) is 0 Å². The Labute approximate surface area is 82.6 Å². The molecule has 1 aromatic heterocycles. The Balaban J connectivity index is 2.23. The van der Waals surface area contributed by atoms with Crippen LogP contribution in [0, 0.1) is 6.92 Å². The first-order valence-corrected chi connectivity index (χ1v) is 5.27. The normalized spacial score (nSPS) is 21.6. The summed E-state index contributed by atoms with van der Waals surface area (Å²) in [6.07, 6.45) is 7.36. The molecule has 0 bridgehead atoms. The first kappa shape index (κ1) is 8.57. The molecule has 0 amide bonds. The lowest BCUT2D eigenvalue weighted by molar-refractivity contribution is 0.859. The molecule has 0 saturated heterocycles. The fourth-order valence-electron chi connectivity index (χ4n) is 1.56. The summed E-state index contributed by atoms with van der Waals surface area (Å²) in [7, 11) is 0. The van der Waals surface area contributed by atoms with Crippen LogP contribution in [0.25, 0.3) is 0 Å². The SMILES string of the molecule is Cc1ccc(C2C=C(N)C=CC2)s1. The minimum absolute atomic E-state index is 0.503. The molecule has 0 spiro atoms. The van der Waals surface area contributed by atoms with Crippen molar-refractivity contribution in [1.82, 2.24) is 0 Å². The van der Waals surface area contributed by atoms with Crippen molar-refractivity contribution in [3.63, 3.8) is 0 Å². The van der Waals surface area contributed by atoms with Crippen LogP contribution < -0.4 is 5.73 Å². The van der Waals surface area contributed by atoms with Crippen molar-refractivity contribution in [2.75, 3.05) is 0 Å². The molecule has 1 atom stereocenters. The largest absolute Gasteiger partial charge is 0.399 e. The van der Waals surface area contributed by atoms with Gasteiger partial charge in [0.25, 0.3) is 0 Å². The van der Waals surface area contributed by atoms with Crippen molar-refractivity contribution in [2.45, 2.75) is 19.3 Å². The van der Waals surface area contributed by atoms with Gasteiger partial charge in [0.05, 0.1) is 0 Å². The third-order valence-electron chi connectivity index (χ3n) is 2.22. The van der Waals surface area contributed by atoms with Crippen molar-refractivity contribution in [3.8, 4) is 0 Å². The number of nitrogens with two attached hydrogens (primary N) is 1. The predicted octanol–water partition coefficient (Wildman–Crippen LogP) is 2.94. The summed E-state index contributed by atoms with van der Waals surface area (Å²) in [5, 5.41) is 0. The van der Waals surface area contributed by atoms with E-state index in [0.717, 1.165) is 12.1 Å². The molecule has 2 N–H and O–H groups in total. The van der Waals surface area contributed by atoms with Crippen LogP contribution >= 0.6 is 11.3 Å². The zero-order valence-electron chi connectivity index (χ0n) is 7.66. The summed E-state index contributed by atoms with van der Waals surface area (Å²) >= 11 is 1.86. The first-order valence-electron chi connectivity index (χ1n) is 4.46. The van der Waals surface area contributed by atoms with Crippen LogP contribution in [0.2, 0.25) is 0 Å². The monoisotopic (exact) mass is 191 g/mol.